The van der Waals surface area contributed by atoms with E-state index in [-0.39, 0.29) is 30.4 Å². The SMILES string of the molecule is Cc1ccc(C(=O)N2CCCC(N)C2)cc1NC(=O)Nc1ccccc1.Cl. The molecule has 1 unspecified atom stereocenters. The minimum absolute atomic E-state index is 0. The lowest BCUT2D eigenvalue weighted by Gasteiger charge is -2.31. The summed E-state index contributed by atoms with van der Waals surface area (Å²) >= 11 is 0. The fourth-order valence-electron chi connectivity index (χ4n) is 3.07. The van der Waals surface area contributed by atoms with E-state index in [0.29, 0.717) is 23.5 Å². The minimum Gasteiger partial charge on any atom is -0.337 e. The first-order chi connectivity index (χ1) is 12.5. The van der Waals surface area contributed by atoms with Gasteiger partial charge in [0.15, 0.2) is 0 Å². The first kappa shape index (κ1) is 20.7. The Labute approximate surface area is 165 Å². The highest BCUT2D eigenvalue weighted by atomic mass is 35.5. The molecule has 1 aliphatic rings. The summed E-state index contributed by atoms with van der Waals surface area (Å²) in [5.41, 5.74) is 8.74. The lowest BCUT2D eigenvalue weighted by molar-refractivity contribution is 0.0709. The molecule has 2 aromatic rings. The number of halogens is 1. The van der Waals surface area contributed by atoms with Gasteiger partial charge in [0.25, 0.3) is 5.91 Å². The van der Waals surface area contributed by atoms with E-state index in [1.54, 1.807) is 17.0 Å². The normalized spacial score (nSPS) is 16.2. The Hall–Kier alpha value is -2.57. The molecule has 27 heavy (non-hydrogen) atoms. The topological polar surface area (TPSA) is 87.5 Å². The van der Waals surface area contributed by atoms with Crippen LogP contribution in [0.25, 0.3) is 0 Å². The number of anilines is 2. The molecule has 1 aliphatic heterocycles. The standard InChI is InChI=1S/C20H24N4O2.ClH/c1-14-9-10-15(19(25)24-11-5-6-16(21)13-24)12-18(14)23-20(26)22-17-7-3-2-4-8-17;/h2-4,7-10,12,16H,5-6,11,13,21H2,1H3,(H2,22,23,26);1H. The van der Waals surface area contributed by atoms with Gasteiger partial charge in [-0.05, 0) is 49.6 Å². The van der Waals surface area contributed by atoms with Crippen molar-refractivity contribution in [2.45, 2.75) is 25.8 Å². The van der Waals surface area contributed by atoms with E-state index < -0.39 is 0 Å². The quantitative estimate of drug-likeness (QED) is 0.750. The molecule has 3 rings (SSSR count). The van der Waals surface area contributed by atoms with Gasteiger partial charge in [0.2, 0.25) is 0 Å². The fourth-order valence-corrected chi connectivity index (χ4v) is 3.07. The number of para-hydroxylation sites is 1. The van der Waals surface area contributed by atoms with Crippen molar-refractivity contribution in [2.24, 2.45) is 5.73 Å². The lowest BCUT2D eigenvalue weighted by atomic mass is 10.0. The first-order valence-electron chi connectivity index (χ1n) is 8.81. The Kier molecular flexibility index (Phi) is 7.21. The van der Waals surface area contributed by atoms with Gasteiger partial charge in [-0.15, -0.1) is 12.4 Å². The van der Waals surface area contributed by atoms with Crippen molar-refractivity contribution in [1.29, 1.82) is 0 Å². The van der Waals surface area contributed by atoms with Gasteiger partial charge in [-0.1, -0.05) is 24.3 Å². The molecule has 0 saturated carbocycles. The number of hydrogen-bond acceptors (Lipinski definition) is 3. The minimum atomic E-state index is -0.344. The van der Waals surface area contributed by atoms with Crippen molar-refractivity contribution >= 4 is 35.7 Å². The Morgan fingerprint density at radius 2 is 1.85 bits per heavy atom. The smallest absolute Gasteiger partial charge is 0.323 e. The Bertz CT molecular complexity index is 798. The second-order valence-corrected chi connectivity index (χ2v) is 6.63. The average Bonchev–Trinajstić information content (AvgIpc) is 2.64. The van der Waals surface area contributed by atoms with E-state index in [4.69, 9.17) is 5.73 Å². The number of aryl methyl sites for hydroxylation is 1. The number of piperidine rings is 1. The fraction of sp³-hybridized carbons (Fsp3) is 0.300. The summed E-state index contributed by atoms with van der Waals surface area (Å²) in [7, 11) is 0. The van der Waals surface area contributed by atoms with Gasteiger partial charge in [-0.25, -0.2) is 4.79 Å². The summed E-state index contributed by atoms with van der Waals surface area (Å²) < 4.78 is 0. The van der Waals surface area contributed by atoms with Crippen LogP contribution in [0.5, 0.6) is 0 Å². The van der Waals surface area contributed by atoms with Crippen LogP contribution >= 0.6 is 12.4 Å². The molecule has 0 radical (unpaired) electrons. The van der Waals surface area contributed by atoms with Gasteiger partial charge in [0.05, 0.1) is 0 Å². The van der Waals surface area contributed by atoms with Gasteiger partial charge in [-0.3, -0.25) is 4.79 Å². The van der Waals surface area contributed by atoms with Gasteiger partial charge in [0, 0.05) is 36.1 Å². The van der Waals surface area contributed by atoms with Gasteiger partial charge >= 0.3 is 6.03 Å². The van der Waals surface area contributed by atoms with Crippen LogP contribution in [0.2, 0.25) is 0 Å². The van der Waals surface area contributed by atoms with Crippen molar-refractivity contribution in [3.8, 4) is 0 Å². The summed E-state index contributed by atoms with van der Waals surface area (Å²) in [5, 5.41) is 5.59. The zero-order valence-corrected chi connectivity index (χ0v) is 16.1. The van der Waals surface area contributed by atoms with E-state index in [9.17, 15) is 9.59 Å². The van der Waals surface area contributed by atoms with E-state index >= 15 is 0 Å². The highest BCUT2D eigenvalue weighted by Gasteiger charge is 2.22. The molecular weight excluding hydrogens is 364 g/mol. The maximum absolute atomic E-state index is 12.7. The third-order valence-electron chi connectivity index (χ3n) is 4.51. The highest BCUT2D eigenvalue weighted by molar-refractivity contribution is 6.02. The third-order valence-corrected chi connectivity index (χ3v) is 4.51. The molecular formula is C20H25ClN4O2. The van der Waals surface area contributed by atoms with E-state index in [0.717, 1.165) is 24.9 Å². The second-order valence-electron chi connectivity index (χ2n) is 6.63. The Balaban J connectivity index is 0.00000261. The van der Waals surface area contributed by atoms with Gasteiger partial charge in [0.1, 0.15) is 0 Å². The number of hydrogen-bond donors (Lipinski definition) is 3. The number of nitrogens with two attached hydrogens (primary N) is 1. The van der Waals surface area contributed by atoms with Crippen molar-refractivity contribution in [3.63, 3.8) is 0 Å². The van der Waals surface area contributed by atoms with Crippen LogP contribution in [0.1, 0.15) is 28.8 Å². The summed E-state index contributed by atoms with van der Waals surface area (Å²) in [6, 6.07) is 14.3. The molecule has 1 fully saturated rings. The van der Waals surface area contributed by atoms with Crippen molar-refractivity contribution < 1.29 is 9.59 Å². The average molecular weight is 389 g/mol. The van der Waals surface area contributed by atoms with Gasteiger partial charge < -0.3 is 21.3 Å². The molecule has 1 atom stereocenters. The number of rotatable bonds is 3. The summed E-state index contributed by atoms with van der Waals surface area (Å²) in [4.78, 5) is 26.7. The first-order valence-corrected chi connectivity index (χ1v) is 8.81. The molecule has 1 saturated heterocycles. The Morgan fingerprint density at radius 3 is 2.56 bits per heavy atom. The van der Waals surface area contributed by atoms with Crippen molar-refractivity contribution in [1.82, 2.24) is 4.90 Å². The Morgan fingerprint density at radius 1 is 1.11 bits per heavy atom. The largest absolute Gasteiger partial charge is 0.337 e. The number of nitrogens with one attached hydrogen (secondary N) is 2. The van der Waals surface area contributed by atoms with Crippen LogP contribution in [-0.4, -0.2) is 36.0 Å². The molecule has 2 aromatic carbocycles. The van der Waals surface area contributed by atoms with E-state index in [1.807, 2.05) is 43.3 Å². The predicted molar refractivity (Wildman–Crippen MR) is 111 cm³/mol. The molecule has 144 valence electrons. The van der Waals surface area contributed by atoms with Crippen molar-refractivity contribution in [2.75, 3.05) is 23.7 Å². The molecule has 0 aromatic heterocycles. The molecule has 6 nitrogen and oxygen atoms in total. The summed E-state index contributed by atoms with van der Waals surface area (Å²) in [6.45, 7) is 3.19. The van der Waals surface area contributed by atoms with Crippen molar-refractivity contribution in [3.05, 3.63) is 59.7 Å². The summed E-state index contributed by atoms with van der Waals surface area (Å²) in [5.74, 6) is -0.0494. The zero-order chi connectivity index (χ0) is 18.5. The number of urea groups is 1. The highest BCUT2D eigenvalue weighted by Crippen LogP contribution is 2.20. The van der Waals surface area contributed by atoms with Crippen LogP contribution in [0, 0.1) is 6.92 Å². The maximum Gasteiger partial charge on any atom is 0.323 e. The van der Waals surface area contributed by atoms with Crippen LogP contribution in [0.15, 0.2) is 48.5 Å². The molecule has 1 heterocycles. The number of benzene rings is 2. The molecule has 0 aliphatic carbocycles. The zero-order valence-electron chi connectivity index (χ0n) is 15.3. The predicted octanol–water partition coefficient (Wildman–Crippen LogP) is 3.62. The number of carbonyl (C=O) groups is 2. The van der Waals surface area contributed by atoms with E-state index in [2.05, 4.69) is 10.6 Å². The number of carbonyl (C=O) groups excluding carboxylic acids is 2. The molecule has 0 bridgehead atoms. The van der Waals surface area contributed by atoms with Crippen LogP contribution in [0.4, 0.5) is 16.2 Å². The molecule has 4 N–H and O–H groups in total. The van der Waals surface area contributed by atoms with E-state index in [1.165, 1.54) is 0 Å². The maximum atomic E-state index is 12.7. The van der Waals surface area contributed by atoms with Crippen LogP contribution in [0.3, 0.4) is 0 Å². The molecule has 7 heteroatoms. The number of likely N-dealkylation sites (tertiary alicyclic amines) is 1. The van der Waals surface area contributed by atoms with Crippen LogP contribution in [-0.2, 0) is 0 Å². The van der Waals surface area contributed by atoms with Crippen LogP contribution < -0.4 is 16.4 Å². The molecule has 0 spiro atoms. The number of amides is 3. The third kappa shape index (κ3) is 5.45. The molecule has 3 amide bonds. The van der Waals surface area contributed by atoms with Gasteiger partial charge in [-0.2, -0.15) is 0 Å². The monoisotopic (exact) mass is 388 g/mol. The summed E-state index contributed by atoms with van der Waals surface area (Å²) in [6.07, 6.45) is 1.87. The number of nitrogens with zero attached hydrogens (tertiary/aromatic N) is 1. The second kappa shape index (κ2) is 9.39. The lowest BCUT2D eigenvalue weighted by Crippen LogP contribution is -2.45.